The van der Waals surface area contributed by atoms with Gasteiger partial charge in [0.2, 0.25) is 0 Å². The Bertz CT molecular complexity index is 195. The fraction of sp³-hybridized carbons (Fsp3) is 1.00. The van der Waals surface area contributed by atoms with E-state index in [1.165, 1.54) is 38.8 Å². The molecular weight excluding hydrogens is 220 g/mol. The summed E-state index contributed by atoms with van der Waals surface area (Å²) in [4.78, 5) is 2.76. The van der Waals surface area contributed by atoms with Crippen molar-refractivity contribution in [3.8, 4) is 0 Å². The smallest absolute Gasteiger partial charge is 0.00966 e. The van der Waals surface area contributed by atoms with Crippen LogP contribution in [-0.4, -0.2) is 36.6 Å². The van der Waals surface area contributed by atoms with E-state index in [1.54, 1.807) is 0 Å². The zero-order valence-corrected chi connectivity index (χ0v) is 13.2. The molecule has 1 rings (SSSR count). The molecule has 0 heterocycles. The Hall–Kier alpha value is -0.0800. The van der Waals surface area contributed by atoms with Crippen molar-refractivity contribution in [3.63, 3.8) is 0 Å². The second-order valence-electron chi connectivity index (χ2n) is 6.80. The molecule has 0 amide bonds. The van der Waals surface area contributed by atoms with Crippen LogP contribution in [-0.2, 0) is 0 Å². The number of nitrogens with zero attached hydrogens (tertiary/aromatic N) is 1. The van der Waals surface area contributed by atoms with E-state index in [2.05, 4.69) is 44.8 Å². The molecule has 18 heavy (non-hydrogen) atoms. The van der Waals surface area contributed by atoms with Crippen LogP contribution >= 0.6 is 0 Å². The quantitative estimate of drug-likeness (QED) is 0.748. The van der Waals surface area contributed by atoms with Crippen molar-refractivity contribution in [2.24, 2.45) is 11.8 Å². The van der Waals surface area contributed by atoms with Crippen LogP contribution in [0, 0.1) is 11.8 Å². The first-order valence-electron chi connectivity index (χ1n) is 8.00. The van der Waals surface area contributed by atoms with Crippen molar-refractivity contribution in [1.82, 2.24) is 10.2 Å². The van der Waals surface area contributed by atoms with Crippen molar-refractivity contribution in [1.29, 1.82) is 0 Å². The molecule has 0 spiro atoms. The average Bonchev–Trinajstić information content (AvgIpc) is 2.28. The van der Waals surface area contributed by atoms with Crippen molar-refractivity contribution in [2.45, 2.75) is 72.4 Å². The molecule has 2 nitrogen and oxygen atoms in total. The third kappa shape index (κ3) is 5.71. The van der Waals surface area contributed by atoms with E-state index in [0.717, 1.165) is 30.5 Å². The van der Waals surface area contributed by atoms with Crippen LogP contribution in [0.3, 0.4) is 0 Å². The van der Waals surface area contributed by atoms with Crippen LogP contribution in [0.15, 0.2) is 0 Å². The molecule has 1 N–H and O–H groups in total. The van der Waals surface area contributed by atoms with Gasteiger partial charge in [-0.2, -0.15) is 0 Å². The number of rotatable bonds is 7. The van der Waals surface area contributed by atoms with Gasteiger partial charge in [0.1, 0.15) is 0 Å². The molecule has 0 bridgehead atoms. The molecule has 0 aromatic rings. The summed E-state index contributed by atoms with van der Waals surface area (Å²) in [5, 5.41) is 3.61. The third-order valence-corrected chi connectivity index (χ3v) is 3.91. The molecule has 0 unspecified atom stereocenters. The van der Waals surface area contributed by atoms with Gasteiger partial charge in [-0.25, -0.2) is 0 Å². The Morgan fingerprint density at radius 2 is 1.44 bits per heavy atom. The van der Waals surface area contributed by atoms with E-state index in [9.17, 15) is 0 Å². The molecule has 1 fully saturated rings. The predicted octanol–water partition coefficient (Wildman–Crippen LogP) is 3.52. The maximum atomic E-state index is 3.61. The minimum atomic E-state index is 0.784. The van der Waals surface area contributed by atoms with Gasteiger partial charge in [-0.3, -0.25) is 4.90 Å². The van der Waals surface area contributed by atoms with Crippen molar-refractivity contribution < 1.29 is 0 Å². The second kappa shape index (κ2) is 8.16. The van der Waals surface area contributed by atoms with Crippen LogP contribution in [0.1, 0.15) is 60.3 Å². The molecule has 0 radical (unpaired) electrons. The SMILES string of the molecule is CCNC1CCC(N(CC(C)C)CC(C)C)CC1. The van der Waals surface area contributed by atoms with Crippen molar-refractivity contribution in [2.75, 3.05) is 19.6 Å². The normalized spacial score (nSPS) is 25.3. The van der Waals surface area contributed by atoms with Crippen LogP contribution in [0.25, 0.3) is 0 Å². The van der Waals surface area contributed by atoms with E-state index in [-0.39, 0.29) is 0 Å². The first kappa shape index (κ1) is 16.0. The van der Waals surface area contributed by atoms with Gasteiger partial charge >= 0.3 is 0 Å². The summed E-state index contributed by atoms with van der Waals surface area (Å²) in [6.45, 7) is 15.3. The van der Waals surface area contributed by atoms with E-state index in [1.807, 2.05) is 0 Å². The zero-order valence-electron chi connectivity index (χ0n) is 13.2. The monoisotopic (exact) mass is 254 g/mol. The van der Waals surface area contributed by atoms with E-state index >= 15 is 0 Å². The summed E-state index contributed by atoms with van der Waals surface area (Å²) in [7, 11) is 0. The summed E-state index contributed by atoms with van der Waals surface area (Å²) in [5.41, 5.74) is 0. The van der Waals surface area contributed by atoms with Crippen LogP contribution in [0.4, 0.5) is 0 Å². The Labute approximate surface area is 115 Å². The minimum absolute atomic E-state index is 0.784. The molecule has 0 saturated heterocycles. The van der Waals surface area contributed by atoms with Crippen LogP contribution in [0.5, 0.6) is 0 Å². The maximum Gasteiger partial charge on any atom is 0.00966 e. The highest BCUT2D eigenvalue weighted by molar-refractivity contribution is 4.83. The topological polar surface area (TPSA) is 15.3 Å². The van der Waals surface area contributed by atoms with Gasteiger partial charge in [0, 0.05) is 25.2 Å². The van der Waals surface area contributed by atoms with Crippen molar-refractivity contribution >= 4 is 0 Å². The standard InChI is InChI=1S/C16H34N2/c1-6-17-15-7-9-16(10-8-15)18(11-13(2)3)12-14(4)5/h13-17H,6-12H2,1-5H3. The molecule has 1 saturated carbocycles. The van der Waals surface area contributed by atoms with Gasteiger partial charge in [-0.15, -0.1) is 0 Å². The minimum Gasteiger partial charge on any atom is -0.314 e. The molecule has 2 heteroatoms. The highest BCUT2D eigenvalue weighted by atomic mass is 15.2. The van der Waals surface area contributed by atoms with Crippen molar-refractivity contribution in [3.05, 3.63) is 0 Å². The highest BCUT2D eigenvalue weighted by Gasteiger charge is 2.26. The maximum absolute atomic E-state index is 3.61. The van der Waals surface area contributed by atoms with Gasteiger partial charge in [0.25, 0.3) is 0 Å². The fourth-order valence-electron chi connectivity index (χ4n) is 3.24. The Kier molecular flexibility index (Phi) is 7.25. The van der Waals surface area contributed by atoms with Gasteiger partial charge in [0.15, 0.2) is 0 Å². The summed E-state index contributed by atoms with van der Waals surface area (Å²) >= 11 is 0. The Morgan fingerprint density at radius 3 is 1.83 bits per heavy atom. The lowest BCUT2D eigenvalue weighted by molar-refractivity contribution is 0.116. The molecule has 0 aliphatic heterocycles. The van der Waals surface area contributed by atoms with Gasteiger partial charge in [-0.05, 0) is 44.1 Å². The second-order valence-corrected chi connectivity index (χ2v) is 6.80. The largest absolute Gasteiger partial charge is 0.314 e. The number of hydrogen-bond acceptors (Lipinski definition) is 2. The lowest BCUT2D eigenvalue weighted by Gasteiger charge is -2.39. The van der Waals surface area contributed by atoms with Gasteiger partial charge in [-0.1, -0.05) is 34.6 Å². The average molecular weight is 254 g/mol. The first-order valence-corrected chi connectivity index (χ1v) is 8.00. The molecule has 1 aliphatic carbocycles. The van der Waals surface area contributed by atoms with Crippen LogP contribution in [0.2, 0.25) is 0 Å². The summed E-state index contributed by atoms with van der Waals surface area (Å²) in [5.74, 6) is 1.57. The van der Waals surface area contributed by atoms with Gasteiger partial charge < -0.3 is 5.32 Å². The predicted molar refractivity (Wildman–Crippen MR) is 81.0 cm³/mol. The molecule has 0 aromatic heterocycles. The number of nitrogens with one attached hydrogen (secondary N) is 1. The highest BCUT2D eigenvalue weighted by Crippen LogP contribution is 2.24. The zero-order chi connectivity index (χ0) is 13.5. The summed E-state index contributed by atoms with van der Waals surface area (Å²) < 4.78 is 0. The summed E-state index contributed by atoms with van der Waals surface area (Å²) in [6, 6.07) is 1.62. The molecule has 0 atom stereocenters. The molecular formula is C16H34N2. The Balaban J connectivity index is 2.43. The summed E-state index contributed by atoms with van der Waals surface area (Å²) in [6.07, 6.45) is 5.50. The fourth-order valence-corrected chi connectivity index (χ4v) is 3.24. The molecule has 108 valence electrons. The molecule has 0 aromatic carbocycles. The Morgan fingerprint density at radius 1 is 0.944 bits per heavy atom. The van der Waals surface area contributed by atoms with E-state index < -0.39 is 0 Å². The first-order chi connectivity index (χ1) is 8.52. The number of hydrogen-bond donors (Lipinski definition) is 1. The van der Waals surface area contributed by atoms with Gasteiger partial charge in [0.05, 0.1) is 0 Å². The third-order valence-electron chi connectivity index (χ3n) is 3.91. The van der Waals surface area contributed by atoms with Crippen LogP contribution < -0.4 is 5.32 Å². The lowest BCUT2D eigenvalue weighted by atomic mass is 9.89. The molecule has 1 aliphatic rings. The lowest BCUT2D eigenvalue weighted by Crippen LogP contribution is -2.45. The van der Waals surface area contributed by atoms with E-state index in [0.29, 0.717) is 0 Å². The van der Waals surface area contributed by atoms with E-state index in [4.69, 9.17) is 0 Å².